The molecule has 1 saturated heterocycles. The molecule has 1 aromatic rings. The van der Waals surface area contributed by atoms with Crippen LogP contribution in [0.3, 0.4) is 0 Å². The molecule has 0 bridgehead atoms. The maximum absolute atomic E-state index is 11.6. The molecule has 0 spiro atoms. The number of ether oxygens (including phenoxy) is 1. The van der Waals surface area contributed by atoms with Gasteiger partial charge < -0.3 is 24.9 Å². The Labute approximate surface area is 103 Å². The van der Waals surface area contributed by atoms with Gasteiger partial charge in [-0.2, -0.15) is 0 Å². The first-order valence-electron chi connectivity index (χ1n) is 5.51. The van der Waals surface area contributed by atoms with Gasteiger partial charge in [-0.05, 0) is 6.07 Å². The van der Waals surface area contributed by atoms with Crippen molar-refractivity contribution in [3.05, 3.63) is 24.2 Å². The number of carbonyl (C=O) groups is 2. The molecule has 7 nitrogen and oxygen atoms in total. The van der Waals surface area contributed by atoms with E-state index in [4.69, 9.17) is 14.3 Å². The highest BCUT2D eigenvalue weighted by Crippen LogP contribution is 2.18. The molecule has 2 rings (SSSR count). The van der Waals surface area contributed by atoms with Gasteiger partial charge in [-0.1, -0.05) is 0 Å². The molecule has 18 heavy (non-hydrogen) atoms. The molecule has 1 aliphatic rings. The predicted octanol–water partition coefficient (Wildman–Crippen LogP) is 0.322. The highest BCUT2D eigenvalue weighted by Gasteiger charge is 2.43. The number of hydrogen-bond donors (Lipinski definition) is 3. The number of nitrogens with one attached hydrogen (secondary N) is 2. The fourth-order valence-corrected chi connectivity index (χ4v) is 1.72. The second kappa shape index (κ2) is 5.09. The Morgan fingerprint density at radius 2 is 2.33 bits per heavy atom. The van der Waals surface area contributed by atoms with E-state index in [0.717, 1.165) is 5.56 Å². The molecular weight excluding hydrogens is 240 g/mol. The number of hydrogen-bond acceptors (Lipinski definition) is 4. The van der Waals surface area contributed by atoms with Gasteiger partial charge >= 0.3 is 12.0 Å². The minimum Gasteiger partial charge on any atom is -0.479 e. The zero-order chi connectivity index (χ0) is 13.0. The van der Waals surface area contributed by atoms with Crippen LogP contribution in [0.2, 0.25) is 0 Å². The van der Waals surface area contributed by atoms with E-state index in [0.29, 0.717) is 6.61 Å². The Morgan fingerprint density at radius 3 is 2.89 bits per heavy atom. The summed E-state index contributed by atoms with van der Waals surface area (Å²) in [6.07, 6.45) is 3.27. The van der Waals surface area contributed by atoms with Crippen molar-refractivity contribution in [2.45, 2.75) is 18.5 Å². The number of carboxylic acid groups (broad SMARTS) is 1. The third-order valence-corrected chi connectivity index (χ3v) is 2.82. The number of aliphatic carboxylic acids is 1. The molecule has 0 aromatic carbocycles. The van der Waals surface area contributed by atoms with E-state index < -0.39 is 17.5 Å². The first-order valence-corrected chi connectivity index (χ1v) is 5.51. The SMILES string of the molecule is O=C(NCc1ccoc1)NC1(C(=O)O)CCOC1. The second-order valence-electron chi connectivity index (χ2n) is 4.13. The summed E-state index contributed by atoms with van der Waals surface area (Å²) in [7, 11) is 0. The molecule has 1 fully saturated rings. The largest absolute Gasteiger partial charge is 0.479 e. The quantitative estimate of drug-likeness (QED) is 0.718. The van der Waals surface area contributed by atoms with Gasteiger partial charge in [0.05, 0.1) is 19.1 Å². The van der Waals surface area contributed by atoms with Crippen molar-refractivity contribution in [3.8, 4) is 0 Å². The molecule has 0 radical (unpaired) electrons. The molecule has 3 N–H and O–H groups in total. The number of rotatable bonds is 4. The van der Waals surface area contributed by atoms with Gasteiger partial charge in [0, 0.05) is 25.1 Å². The third kappa shape index (κ3) is 2.62. The molecule has 1 aromatic heterocycles. The van der Waals surface area contributed by atoms with E-state index >= 15 is 0 Å². The van der Waals surface area contributed by atoms with E-state index in [1.54, 1.807) is 6.07 Å². The summed E-state index contributed by atoms with van der Waals surface area (Å²) in [4.78, 5) is 22.8. The Hall–Kier alpha value is -2.02. The predicted molar refractivity (Wildman–Crippen MR) is 59.9 cm³/mol. The van der Waals surface area contributed by atoms with E-state index in [-0.39, 0.29) is 19.6 Å². The Balaban J connectivity index is 1.88. The highest BCUT2D eigenvalue weighted by atomic mass is 16.5. The Kier molecular flexibility index (Phi) is 3.52. The Morgan fingerprint density at radius 1 is 1.50 bits per heavy atom. The maximum atomic E-state index is 11.6. The summed E-state index contributed by atoms with van der Waals surface area (Å²) in [6, 6.07) is 1.18. The fraction of sp³-hybridized carbons (Fsp3) is 0.455. The first kappa shape index (κ1) is 12.4. The smallest absolute Gasteiger partial charge is 0.332 e. The van der Waals surface area contributed by atoms with Crippen molar-refractivity contribution in [2.24, 2.45) is 0 Å². The van der Waals surface area contributed by atoms with Crippen LogP contribution in [0.5, 0.6) is 0 Å². The minimum absolute atomic E-state index is 0.0124. The van der Waals surface area contributed by atoms with Crippen molar-refractivity contribution in [1.82, 2.24) is 10.6 Å². The number of carbonyl (C=O) groups excluding carboxylic acids is 1. The van der Waals surface area contributed by atoms with Crippen molar-refractivity contribution < 1.29 is 23.8 Å². The molecule has 1 atom stereocenters. The molecule has 2 amide bonds. The third-order valence-electron chi connectivity index (χ3n) is 2.82. The maximum Gasteiger partial charge on any atom is 0.332 e. The van der Waals surface area contributed by atoms with E-state index in [1.807, 2.05) is 0 Å². The number of urea groups is 1. The zero-order valence-electron chi connectivity index (χ0n) is 9.64. The standard InChI is InChI=1S/C11H14N2O5/c14-9(15)11(2-4-18-7-11)13-10(16)12-5-8-1-3-17-6-8/h1,3,6H,2,4-5,7H2,(H,14,15)(H2,12,13,16). The lowest BCUT2D eigenvalue weighted by Gasteiger charge is -2.23. The summed E-state index contributed by atoms with van der Waals surface area (Å²) >= 11 is 0. The fourth-order valence-electron chi connectivity index (χ4n) is 1.72. The van der Waals surface area contributed by atoms with E-state index in [9.17, 15) is 9.59 Å². The van der Waals surface area contributed by atoms with Crippen molar-refractivity contribution in [2.75, 3.05) is 13.2 Å². The topological polar surface area (TPSA) is 101 Å². The van der Waals surface area contributed by atoms with Crippen LogP contribution in [0.4, 0.5) is 4.79 Å². The van der Waals surface area contributed by atoms with Crippen LogP contribution < -0.4 is 10.6 Å². The lowest BCUT2D eigenvalue weighted by atomic mass is 9.99. The van der Waals surface area contributed by atoms with Gasteiger partial charge in [0.2, 0.25) is 0 Å². The molecular formula is C11H14N2O5. The second-order valence-corrected chi connectivity index (χ2v) is 4.13. The lowest BCUT2D eigenvalue weighted by molar-refractivity contribution is -0.144. The van der Waals surface area contributed by atoms with Crippen LogP contribution in [-0.4, -0.2) is 35.9 Å². The molecule has 98 valence electrons. The van der Waals surface area contributed by atoms with Crippen molar-refractivity contribution >= 4 is 12.0 Å². The summed E-state index contributed by atoms with van der Waals surface area (Å²) in [5.74, 6) is -1.08. The lowest BCUT2D eigenvalue weighted by Crippen LogP contribution is -2.57. The number of carboxylic acids is 1. The molecule has 7 heteroatoms. The number of amides is 2. The molecule has 0 saturated carbocycles. The van der Waals surface area contributed by atoms with E-state index in [1.165, 1.54) is 12.5 Å². The zero-order valence-corrected chi connectivity index (χ0v) is 9.64. The van der Waals surface area contributed by atoms with Gasteiger partial charge in [0.1, 0.15) is 0 Å². The highest BCUT2D eigenvalue weighted by molar-refractivity contribution is 5.86. The van der Waals surface area contributed by atoms with Crippen molar-refractivity contribution in [3.63, 3.8) is 0 Å². The van der Waals surface area contributed by atoms with Gasteiger partial charge in [-0.15, -0.1) is 0 Å². The Bertz CT molecular complexity index is 423. The van der Waals surface area contributed by atoms with Gasteiger partial charge in [-0.25, -0.2) is 9.59 Å². The van der Waals surface area contributed by atoms with E-state index in [2.05, 4.69) is 10.6 Å². The average Bonchev–Trinajstić information content (AvgIpc) is 2.97. The van der Waals surface area contributed by atoms with Crippen LogP contribution in [-0.2, 0) is 16.1 Å². The van der Waals surface area contributed by atoms with Crippen LogP contribution >= 0.6 is 0 Å². The summed E-state index contributed by atoms with van der Waals surface area (Å²) in [5.41, 5.74) is -0.516. The molecule has 1 unspecified atom stereocenters. The van der Waals surface area contributed by atoms with Gasteiger partial charge in [0.25, 0.3) is 0 Å². The molecule has 0 aliphatic carbocycles. The van der Waals surface area contributed by atoms with Crippen LogP contribution in [0.1, 0.15) is 12.0 Å². The summed E-state index contributed by atoms with van der Waals surface area (Å²) < 4.78 is 9.89. The van der Waals surface area contributed by atoms with Crippen LogP contribution in [0.15, 0.2) is 23.0 Å². The monoisotopic (exact) mass is 254 g/mol. The summed E-state index contributed by atoms with van der Waals surface area (Å²) in [6.45, 7) is 0.592. The molecule has 2 heterocycles. The normalized spacial score (nSPS) is 22.7. The van der Waals surface area contributed by atoms with Gasteiger partial charge in [-0.3, -0.25) is 0 Å². The van der Waals surface area contributed by atoms with Crippen LogP contribution in [0, 0.1) is 0 Å². The first-order chi connectivity index (χ1) is 8.62. The van der Waals surface area contributed by atoms with Crippen LogP contribution in [0.25, 0.3) is 0 Å². The average molecular weight is 254 g/mol. The number of furan rings is 1. The summed E-state index contributed by atoms with van der Waals surface area (Å²) in [5, 5.41) is 14.1. The van der Waals surface area contributed by atoms with Gasteiger partial charge in [0.15, 0.2) is 5.54 Å². The van der Waals surface area contributed by atoms with Crippen molar-refractivity contribution in [1.29, 1.82) is 0 Å². The minimum atomic E-state index is -1.32. The molecule has 1 aliphatic heterocycles.